The van der Waals surface area contributed by atoms with Gasteiger partial charge in [0.15, 0.2) is 0 Å². The Hall–Kier alpha value is -3.15. The van der Waals surface area contributed by atoms with Gasteiger partial charge in [-0.1, -0.05) is 24.8 Å². The Kier molecular flexibility index (Phi) is 3.76. The highest BCUT2D eigenvalue weighted by molar-refractivity contribution is 6.15. The summed E-state index contributed by atoms with van der Waals surface area (Å²) in [7, 11) is 0. The molecule has 4 rings (SSSR count). The van der Waals surface area contributed by atoms with Crippen molar-refractivity contribution in [1.29, 1.82) is 0 Å². The third-order valence-electron chi connectivity index (χ3n) is 5.12. The number of hydrogen-bond donors (Lipinski definition) is 2. The Morgan fingerprint density at radius 3 is 2.81 bits per heavy atom. The molecule has 1 atom stereocenters. The van der Waals surface area contributed by atoms with Gasteiger partial charge in [0.25, 0.3) is 5.91 Å². The van der Waals surface area contributed by atoms with Gasteiger partial charge in [-0.25, -0.2) is 4.39 Å². The van der Waals surface area contributed by atoms with E-state index in [1.165, 1.54) is 12.1 Å². The molecule has 1 aliphatic rings. The number of benzene rings is 2. The molecule has 1 aromatic heterocycles. The van der Waals surface area contributed by atoms with Crippen LogP contribution in [0.25, 0.3) is 21.8 Å². The van der Waals surface area contributed by atoms with Crippen LogP contribution in [0.1, 0.15) is 28.3 Å². The van der Waals surface area contributed by atoms with Gasteiger partial charge in [0.2, 0.25) is 5.91 Å². The maximum Gasteiger partial charge on any atom is 0.251 e. The van der Waals surface area contributed by atoms with E-state index in [2.05, 4.69) is 11.6 Å². The zero-order chi connectivity index (χ0) is 18.4. The molecule has 0 aliphatic carbocycles. The average Bonchev–Trinajstić information content (AvgIpc) is 3.24. The van der Waals surface area contributed by atoms with Crippen LogP contribution in [-0.4, -0.2) is 34.8 Å². The van der Waals surface area contributed by atoms with Crippen molar-refractivity contribution in [2.45, 2.75) is 12.3 Å². The number of primary amides is 1. The van der Waals surface area contributed by atoms with Gasteiger partial charge in [-0.05, 0) is 24.6 Å². The molecule has 2 amide bonds. The lowest BCUT2D eigenvalue weighted by Gasteiger charge is -2.17. The van der Waals surface area contributed by atoms with Crippen molar-refractivity contribution in [2.75, 3.05) is 13.1 Å². The zero-order valence-corrected chi connectivity index (χ0v) is 14.1. The lowest BCUT2D eigenvalue weighted by atomic mass is 9.90. The minimum atomic E-state index is -0.676. The number of nitrogens with zero attached hydrogens (tertiary/aromatic N) is 1. The number of fused-ring (bicyclic) bond motifs is 3. The smallest absolute Gasteiger partial charge is 0.251 e. The molecule has 0 radical (unpaired) electrons. The van der Waals surface area contributed by atoms with Gasteiger partial charge < -0.3 is 15.6 Å². The highest BCUT2D eigenvalue weighted by atomic mass is 19.1. The molecule has 0 bridgehead atoms. The van der Waals surface area contributed by atoms with E-state index in [-0.39, 0.29) is 23.0 Å². The second-order valence-corrected chi connectivity index (χ2v) is 6.58. The van der Waals surface area contributed by atoms with Crippen LogP contribution in [0.4, 0.5) is 4.39 Å². The van der Waals surface area contributed by atoms with Crippen LogP contribution in [0.2, 0.25) is 0 Å². The Labute approximate surface area is 149 Å². The molecule has 0 spiro atoms. The molecule has 132 valence electrons. The van der Waals surface area contributed by atoms with Crippen LogP contribution < -0.4 is 5.73 Å². The molecule has 2 heterocycles. The summed E-state index contributed by atoms with van der Waals surface area (Å²) in [5.74, 6) is -1.61. The van der Waals surface area contributed by atoms with Gasteiger partial charge in [-0.2, -0.15) is 0 Å². The minimum absolute atomic E-state index is 0.175. The van der Waals surface area contributed by atoms with Crippen molar-refractivity contribution in [2.24, 2.45) is 5.73 Å². The van der Waals surface area contributed by atoms with Crippen LogP contribution in [0.15, 0.2) is 43.0 Å². The highest BCUT2D eigenvalue weighted by Crippen LogP contribution is 2.37. The van der Waals surface area contributed by atoms with Gasteiger partial charge in [0.05, 0.1) is 11.1 Å². The van der Waals surface area contributed by atoms with Gasteiger partial charge >= 0.3 is 0 Å². The number of amides is 2. The number of aromatic amines is 1. The van der Waals surface area contributed by atoms with Gasteiger partial charge in [0.1, 0.15) is 5.82 Å². The summed E-state index contributed by atoms with van der Waals surface area (Å²) in [6.45, 7) is 4.33. The number of carbonyl (C=O) groups is 2. The fourth-order valence-corrected chi connectivity index (χ4v) is 3.95. The number of rotatable bonds is 3. The first-order valence-corrected chi connectivity index (χ1v) is 8.45. The van der Waals surface area contributed by atoms with E-state index in [9.17, 15) is 9.59 Å². The first-order valence-electron chi connectivity index (χ1n) is 8.45. The molecule has 2 aromatic carbocycles. The van der Waals surface area contributed by atoms with Crippen molar-refractivity contribution in [3.05, 3.63) is 59.9 Å². The maximum absolute atomic E-state index is 15.1. The Morgan fingerprint density at radius 1 is 1.31 bits per heavy atom. The third-order valence-corrected chi connectivity index (χ3v) is 5.12. The second-order valence-electron chi connectivity index (χ2n) is 6.58. The molecular weight excluding hydrogens is 333 g/mol. The van der Waals surface area contributed by atoms with Crippen molar-refractivity contribution in [1.82, 2.24) is 9.88 Å². The Morgan fingerprint density at radius 2 is 2.08 bits per heavy atom. The molecule has 1 fully saturated rings. The fraction of sp³-hybridized carbons (Fsp3) is 0.200. The van der Waals surface area contributed by atoms with Crippen molar-refractivity contribution < 1.29 is 14.0 Å². The summed E-state index contributed by atoms with van der Waals surface area (Å²) in [5.41, 5.74) is 7.46. The number of halogens is 1. The topological polar surface area (TPSA) is 79.2 Å². The summed E-state index contributed by atoms with van der Waals surface area (Å²) in [4.78, 5) is 28.9. The summed E-state index contributed by atoms with van der Waals surface area (Å²) < 4.78 is 15.1. The van der Waals surface area contributed by atoms with E-state index >= 15 is 4.39 Å². The molecule has 5 nitrogen and oxygen atoms in total. The summed E-state index contributed by atoms with van der Waals surface area (Å²) in [6.07, 6.45) is 1.82. The second kappa shape index (κ2) is 5.98. The molecule has 0 saturated carbocycles. The van der Waals surface area contributed by atoms with Crippen LogP contribution in [0.5, 0.6) is 0 Å². The first kappa shape index (κ1) is 16.3. The molecule has 3 aromatic rings. The average molecular weight is 351 g/mol. The molecule has 3 N–H and O–H groups in total. The Bertz CT molecular complexity index is 1070. The summed E-state index contributed by atoms with van der Waals surface area (Å²) in [5, 5.41) is 1.47. The Balaban J connectivity index is 1.92. The van der Waals surface area contributed by atoms with E-state index < -0.39 is 11.7 Å². The standard InChI is InChI=1S/C20H18FN3O2/c1-2-16(25)24-8-7-11(10-24)17-14(21)9-13-12-5-3-4-6-15(12)23-19(13)18(17)20(22)26/h2-6,9,11,23H,1,7-8,10H2,(H2,22,26). The van der Waals surface area contributed by atoms with Gasteiger partial charge in [-0.15, -0.1) is 0 Å². The fourth-order valence-electron chi connectivity index (χ4n) is 3.95. The quantitative estimate of drug-likeness (QED) is 0.711. The molecule has 1 unspecified atom stereocenters. The predicted octanol–water partition coefficient (Wildman–Crippen LogP) is 3.06. The lowest BCUT2D eigenvalue weighted by molar-refractivity contribution is -0.125. The number of H-pyrrole nitrogens is 1. The van der Waals surface area contributed by atoms with Gasteiger partial charge in [-0.3, -0.25) is 9.59 Å². The monoisotopic (exact) mass is 351 g/mol. The zero-order valence-electron chi connectivity index (χ0n) is 14.1. The normalized spacial score (nSPS) is 17.1. The predicted molar refractivity (Wildman–Crippen MR) is 98.4 cm³/mol. The van der Waals surface area contributed by atoms with E-state index in [0.29, 0.717) is 30.4 Å². The summed E-state index contributed by atoms with van der Waals surface area (Å²) >= 11 is 0. The van der Waals surface area contributed by atoms with Crippen molar-refractivity contribution in [3.8, 4) is 0 Å². The molecule has 1 aliphatic heterocycles. The van der Waals surface area contributed by atoms with E-state index in [1.54, 1.807) is 4.90 Å². The highest BCUT2D eigenvalue weighted by Gasteiger charge is 2.32. The maximum atomic E-state index is 15.1. The number of nitrogens with one attached hydrogen (secondary N) is 1. The van der Waals surface area contributed by atoms with Crippen LogP contribution in [-0.2, 0) is 4.79 Å². The van der Waals surface area contributed by atoms with Crippen molar-refractivity contribution >= 4 is 33.6 Å². The van der Waals surface area contributed by atoms with Crippen molar-refractivity contribution in [3.63, 3.8) is 0 Å². The molecule has 6 heteroatoms. The molecule has 26 heavy (non-hydrogen) atoms. The number of hydrogen-bond acceptors (Lipinski definition) is 2. The number of aromatic nitrogens is 1. The van der Waals surface area contributed by atoms with Crippen LogP contribution in [0, 0.1) is 5.82 Å². The number of para-hydroxylation sites is 1. The minimum Gasteiger partial charge on any atom is -0.366 e. The largest absolute Gasteiger partial charge is 0.366 e. The number of nitrogens with two attached hydrogens (primary N) is 1. The molecular formula is C20H18FN3O2. The molecule has 1 saturated heterocycles. The van der Waals surface area contributed by atoms with Crippen LogP contribution in [0.3, 0.4) is 0 Å². The number of likely N-dealkylation sites (tertiary alicyclic amines) is 1. The van der Waals surface area contributed by atoms with E-state index in [4.69, 9.17) is 5.73 Å². The lowest BCUT2D eigenvalue weighted by Crippen LogP contribution is -2.27. The summed E-state index contributed by atoms with van der Waals surface area (Å²) in [6, 6.07) is 8.93. The first-order chi connectivity index (χ1) is 12.5. The van der Waals surface area contributed by atoms with E-state index in [1.807, 2.05) is 24.3 Å². The third kappa shape index (κ3) is 2.37. The number of carbonyl (C=O) groups excluding carboxylic acids is 2. The SMILES string of the molecule is C=CC(=O)N1CCC(c2c(F)cc3c([nH]c4ccccc43)c2C(N)=O)C1. The van der Waals surface area contributed by atoms with Gasteiger partial charge in [0, 0.05) is 40.9 Å². The van der Waals surface area contributed by atoms with E-state index in [0.717, 1.165) is 10.9 Å². The van der Waals surface area contributed by atoms with Crippen LogP contribution >= 0.6 is 0 Å².